The third-order valence-electron chi connectivity index (χ3n) is 3.29. The van der Waals surface area contributed by atoms with Crippen molar-refractivity contribution in [2.45, 2.75) is 37.4 Å². The molecule has 0 radical (unpaired) electrons. The van der Waals surface area contributed by atoms with E-state index in [2.05, 4.69) is 10.2 Å². The molecule has 1 aromatic heterocycles. The third kappa shape index (κ3) is 2.56. The number of H-pyrrole nitrogens is 1. The van der Waals surface area contributed by atoms with Crippen LogP contribution in [0.5, 0.6) is 0 Å². The van der Waals surface area contributed by atoms with Gasteiger partial charge in [0.1, 0.15) is 5.56 Å². The summed E-state index contributed by atoms with van der Waals surface area (Å²) in [6, 6.07) is -0.304. The average Bonchev–Trinajstić information content (AvgIpc) is 2.88. The first-order valence-corrected chi connectivity index (χ1v) is 7.72. The van der Waals surface area contributed by atoms with E-state index in [1.165, 1.54) is 4.31 Å². The van der Waals surface area contributed by atoms with Gasteiger partial charge in [0.05, 0.1) is 18.9 Å². The molecule has 112 valence electrons. The van der Waals surface area contributed by atoms with Gasteiger partial charge in [0.15, 0.2) is 5.03 Å². The monoisotopic (exact) mass is 303 g/mol. The zero-order valence-corrected chi connectivity index (χ0v) is 12.1. The van der Waals surface area contributed by atoms with Crippen molar-refractivity contribution in [3.8, 4) is 0 Å². The van der Waals surface area contributed by atoms with Crippen LogP contribution in [-0.4, -0.2) is 59.3 Å². The Morgan fingerprint density at radius 3 is 2.95 bits per heavy atom. The van der Waals surface area contributed by atoms with Gasteiger partial charge in [-0.3, -0.25) is 5.10 Å². The van der Waals surface area contributed by atoms with Crippen LogP contribution in [-0.2, 0) is 14.8 Å². The Balaban J connectivity index is 2.42. The number of morpholine rings is 1. The first-order valence-electron chi connectivity index (χ1n) is 6.28. The average molecular weight is 303 g/mol. The number of carboxylic acids is 1. The number of carboxylic acid groups (broad SMARTS) is 1. The van der Waals surface area contributed by atoms with E-state index < -0.39 is 16.0 Å². The highest BCUT2D eigenvalue weighted by Gasteiger charge is 2.38. The summed E-state index contributed by atoms with van der Waals surface area (Å²) in [4.78, 5) is 11.1. The second-order valence-corrected chi connectivity index (χ2v) is 6.53. The first-order chi connectivity index (χ1) is 9.37. The van der Waals surface area contributed by atoms with Crippen LogP contribution in [0, 0.1) is 0 Å². The van der Waals surface area contributed by atoms with Crippen LogP contribution in [0.25, 0.3) is 0 Å². The third-order valence-corrected chi connectivity index (χ3v) is 5.18. The number of ether oxygens (including phenoxy) is 1. The van der Waals surface area contributed by atoms with Crippen LogP contribution in [0.4, 0.5) is 0 Å². The Morgan fingerprint density at radius 1 is 1.65 bits per heavy atom. The lowest BCUT2D eigenvalue weighted by Gasteiger charge is -2.36. The van der Waals surface area contributed by atoms with E-state index in [0.29, 0.717) is 13.0 Å². The van der Waals surface area contributed by atoms with E-state index in [1.807, 2.05) is 6.92 Å². The quantitative estimate of drug-likeness (QED) is 0.827. The van der Waals surface area contributed by atoms with Crippen LogP contribution in [0.1, 0.15) is 30.6 Å². The van der Waals surface area contributed by atoms with Gasteiger partial charge in [-0.05, 0) is 13.3 Å². The summed E-state index contributed by atoms with van der Waals surface area (Å²) in [6.45, 7) is 4.13. The molecule has 1 aliphatic rings. The van der Waals surface area contributed by atoms with Crippen molar-refractivity contribution in [1.82, 2.24) is 14.5 Å². The molecule has 2 rings (SSSR count). The molecule has 8 nitrogen and oxygen atoms in total. The van der Waals surface area contributed by atoms with Crippen LogP contribution in [0.15, 0.2) is 11.2 Å². The molecular weight excluding hydrogens is 286 g/mol. The number of aromatic nitrogens is 2. The number of rotatable bonds is 4. The molecule has 0 saturated carbocycles. The van der Waals surface area contributed by atoms with Gasteiger partial charge in [-0.25, -0.2) is 13.2 Å². The molecule has 2 unspecified atom stereocenters. The fourth-order valence-electron chi connectivity index (χ4n) is 2.17. The maximum absolute atomic E-state index is 12.6. The van der Waals surface area contributed by atoms with Gasteiger partial charge in [-0.1, -0.05) is 6.92 Å². The van der Waals surface area contributed by atoms with Gasteiger partial charge in [-0.2, -0.15) is 9.40 Å². The second kappa shape index (κ2) is 5.51. The maximum Gasteiger partial charge on any atom is 0.340 e. The summed E-state index contributed by atoms with van der Waals surface area (Å²) in [5.41, 5.74) is -0.348. The fraction of sp³-hybridized carbons (Fsp3) is 0.636. The van der Waals surface area contributed by atoms with Gasteiger partial charge in [0.25, 0.3) is 10.0 Å². The minimum atomic E-state index is -3.93. The Kier molecular flexibility index (Phi) is 4.11. The smallest absolute Gasteiger partial charge is 0.340 e. The molecule has 0 bridgehead atoms. The number of hydrogen-bond acceptors (Lipinski definition) is 5. The minimum Gasteiger partial charge on any atom is -0.478 e. The van der Waals surface area contributed by atoms with Crippen LogP contribution in [0.3, 0.4) is 0 Å². The molecule has 2 N–H and O–H groups in total. The summed E-state index contributed by atoms with van der Waals surface area (Å²) < 4.78 is 32.0. The van der Waals surface area contributed by atoms with Gasteiger partial charge < -0.3 is 9.84 Å². The maximum atomic E-state index is 12.6. The minimum absolute atomic E-state index is 0.193. The molecule has 0 spiro atoms. The number of nitrogens with zero attached hydrogens (tertiary/aromatic N) is 2. The Hall–Kier alpha value is -1.45. The van der Waals surface area contributed by atoms with Crippen molar-refractivity contribution in [3.05, 3.63) is 11.8 Å². The lowest BCUT2D eigenvalue weighted by atomic mass is 10.2. The molecule has 1 aromatic rings. The number of aromatic carboxylic acids is 1. The molecule has 1 saturated heterocycles. The van der Waals surface area contributed by atoms with Crippen molar-refractivity contribution >= 4 is 16.0 Å². The fourth-order valence-corrected chi connectivity index (χ4v) is 4.00. The second-order valence-electron chi connectivity index (χ2n) is 4.70. The predicted molar refractivity (Wildman–Crippen MR) is 68.9 cm³/mol. The first kappa shape index (κ1) is 14.9. The van der Waals surface area contributed by atoms with Crippen molar-refractivity contribution < 1.29 is 23.1 Å². The zero-order chi connectivity index (χ0) is 14.9. The number of hydrogen-bond donors (Lipinski definition) is 2. The normalized spacial score (nSPS) is 24.7. The molecule has 0 aromatic carbocycles. The van der Waals surface area contributed by atoms with Gasteiger partial charge in [-0.15, -0.1) is 0 Å². The number of sulfonamides is 1. The van der Waals surface area contributed by atoms with Gasteiger partial charge >= 0.3 is 5.97 Å². The summed E-state index contributed by atoms with van der Waals surface area (Å²) in [5.74, 6) is -1.33. The highest BCUT2D eigenvalue weighted by Crippen LogP contribution is 2.24. The number of carbonyl (C=O) groups is 1. The molecule has 2 atom stereocenters. The van der Waals surface area contributed by atoms with Crippen molar-refractivity contribution in [3.63, 3.8) is 0 Å². The number of nitrogens with one attached hydrogen (secondary N) is 1. The Bertz CT molecular complexity index is 597. The highest BCUT2D eigenvalue weighted by molar-refractivity contribution is 7.89. The Morgan fingerprint density at radius 2 is 2.35 bits per heavy atom. The van der Waals surface area contributed by atoms with Crippen LogP contribution >= 0.6 is 0 Å². The van der Waals surface area contributed by atoms with Crippen molar-refractivity contribution in [2.24, 2.45) is 0 Å². The van der Waals surface area contributed by atoms with Crippen molar-refractivity contribution in [1.29, 1.82) is 0 Å². The molecule has 9 heteroatoms. The lowest BCUT2D eigenvalue weighted by Crippen LogP contribution is -2.51. The topological polar surface area (TPSA) is 113 Å². The predicted octanol–water partition coefficient (Wildman–Crippen LogP) is 0.296. The van der Waals surface area contributed by atoms with E-state index in [1.54, 1.807) is 6.92 Å². The molecule has 20 heavy (non-hydrogen) atoms. The molecule has 0 aliphatic carbocycles. The van der Waals surface area contributed by atoms with Gasteiger partial charge in [0, 0.05) is 12.6 Å². The standard InChI is InChI=1S/C11H17N3O5S/c1-3-8-6-19-7(2)5-14(8)20(17,18)10-9(11(15)16)4-12-13-10/h4,7-8H,3,5-6H2,1-2H3,(H,12,13)(H,15,16). The zero-order valence-electron chi connectivity index (χ0n) is 11.2. The van der Waals surface area contributed by atoms with E-state index in [0.717, 1.165) is 6.20 Å². The molecule has 1 fully saturated rings. The van der Waals surface area contributed by atoms with Crippen LogP contribution < -0.4 is 0 Å². The Labute approximate surface area is 116 Å². The largest absolute Gasteiger partial charge is 0.478 e. The molecular formula is C11H17N3O5S. The summed E-state index contributed by atoms with van der Waals surface area (Å²) in [5, 5.41) is 14.5. The molecule has 1 aliphatic heterocycles. The number of aromatic amines is 1. The lowest BCUT2D eigenvalue weighted by molar-refractivity contribution is -0.0231. The van der Waals surface area contributed by atoms with E-state index >= 15 is 0 Å². The van der Waals surface area contributed by atoms with E-state index in [4.69, 9.17) is 9.84 Å². The molecule has 0 amide bonds. The SMILES string of the molecule is CCC1COC(C)CN1S(=O)(=O)c1[nH]ncc1C(=O)O. The summed E-state index contributed by atoms with van der Waals surface area (Å²) >= 11 is 0. The van der Waals surface area contributed by atoms with Crippen LogP contribution in [0.2, 0.25) is 0 Å². The molecule has 2 heterocycles. The van der Waals surface area contributed by atoms with E-state index in [9.17, 15) is 13.2 Å². The summed E-state index contributed by atoms with van der Waals surface area (Å²) in [7, 11) is -3.93. The summed E-state index contributed by atoms with van der Waals surface area (Å²) in [6.07, 6.45) is 1.35. The highest BCUT2D eigenvalue weighted by atomic mass is 32.2. The van der Waals surface area contributed by atoms with Gasteiger partial charge in [0.2, 0.25) is 0 Å². The van der Waals surface area contributed by atoms with E-state index in [-0.39, 0.29) is 29.3 Å². The van der Waals surface area contributed by atoms with Crippen molar-refractivity contribution in [2.75, 3.05) is 13.2 Å².